The van der Waals surface area contributed by atoms with Crippen molar-refractivity contribution in [2.45, 2.75) is 25.3 Å². The predicted octanol–water partition coefficient (Wildman–Crippen LogP) is 3.61. The van der Waals surface area contributed by atoms with E-state index in [9.17, 15) is 14.0 Å². The van der Waals surface area contributed by atoms with Gasteiger partial charge in [-0.15, -0.1) is 11.3 Å². The minimum atomic E-state index is -0.359. The first-order valence-corrected chi connectivity index (χ1v) is 10.6. The number of amides is 2. The summed E-state index contributed by atoms with van der Waals surface area (Å²) in [5.41, 5.74) is 0.428. The Morgan fingerprint density at radius 2 is 1.96 bits per heavy atom. The molecular weight excluding hydrogens is 401 g/mol. The first-order valence-electron chi connectivity index (χ1n) is 9.32. The number of hydrogen-bond donors (Lipinski definition) is 2. The fourth-order valence-electron chi connectivity index (χ4n) is 3.38. The van der Waals surface area contributed by atoms with E-state index in [2.05, 4.69) is 15.5 Å². The van der Waals surface area contributed by atoms with Crippen LogP contribution in [0.1, 0.15) is 40.5 Å². The van der Waals surface area contributed by atoms with Gasteiger partial charge in [0.2, 0.25) is 5.91 Å². The molecule has 0 saturated carbocycles. The van der Waals surface area contributed by atoms with Crippen molar-refractivity contribution >= 4 is 34.8 Å². The smallest absolute Gasteiger partial charge is 0.261 e. The number of nitrogens with one attached hydrogen (secondary N) is 2. The number of nitrogens with zero attached hydrogens (tertiary/aromatic N) is 1. The third kappa shape index (κ3) is 5.31. The number of hydrogen-bond acceptors (Lipinski definition) is 4. The molecule has 0 radical (unpaired) electrons. The Morgan fingerprint density at radius 3 is 2.64 bits per heavy atom. The summed E-state index contributed by atoms with van der Waals surface area (Å²) in [5.74, 6) is -0.735. The first kappa shape index (κ1) is 20.8. The van der Waals surface area contributed by atoms with Crippen LogP contribution in [0.2, 0.25) is 5.02 Å². The maximum Gasteiger partial charge on any atom is 0.261 e. The average molecular weight is 424 g/mol. The van der Waals surface area contributed by atoms with Crippen molar-refractivity contribution in [2.24, 2.45) is 0 Å². The summed E-state index contributed by atoms with van der Waals surface area (Å²) in [6, 6.07) is 7.88. The Balaban J connectivity index is 1.54. The normalized spacial score (nSPS) is 15.4. The zero-order valence-electron chi connectivity index (χ0n) is 15.4. The molecule has 8 heteroatoms. The predicted molar refractivity (Wildman–Crippen MR) is 109 cm³/mol. The molecule has 1 atom stereocenters. The largest absolute Gasteiger partial charge is 0.354 e. The van der Waals surface area contributed by atoms with Gasteiger partial charge in [0.15, 0.2) is 0 Å². The van der Waals surface area contributed by atoms with Crippen molar-refractivity contribution in [1.82, 2.24) is 15.5 Å². The summed E-state index contributed by atoms with van der Waals surface area (Å²) < 4.78 is 14.4. The van der Waals surface area contributed by atoms with Gasteiger partial charge in [-0.05, 0) is 49.5 Å². The van der Waals surface area contributed by atoms with E-state index in [0.29, 0.717) is 15.5 Å². The molecule has 1 fully saturated rings. The van der Waals surface area contributed by atoms with Gasteiger partial charge in [0.05, 0.1) is 10.9 Å². The highest BCUT2D eigenvalue weighted by Crippen LogP contribution is 2.31. The Morgan fingerprint density at radius 1 is 1.18 bits per heavy atom. The van der Waals surface area contributed by atoms with Crippen LogP contribution < -0.4 is 10.6 Å². The van der Waals surface area contributed by atoms with Gasteiger partial charge >= 0.3 is 0 Å². The third-order valence-electron chi connectivity index (χ3n) is 4.79. The fraction of sp³-hybridized carbons (Fsp3) is 0.400. The minimum absolute atomic E-state index is 0.162. The van der Waals surface area contributed by atoms with E-state index in [1.807, 2.05) is 5.38 Å². The number of carbonyl (C=O) groups excluding carboxylic acids is 2. The molecule has 1 aromatic heterocycles. The number of rotatable bonds is 8. The van der Waals surface area contributed by atoms with Gasteiger partial charge in [0, 0.05) is 30.1 Å². The molecule has 0 aliphatic carbocycles. The average Bonchev–Trinajstić information content (AvgIpc) is 3.38. The lowest BCUT2D eigenvalue weighted by Gasteiger charge is -2.29. The van der Waals surface area contributed by atoms with Crippen LogP contribution in [0.3, 0.4) is 0 Å². The second-order valence-electron chi connectivity index (χ2n) is 6.68. The first-order chi connectivity index (χ1) is 13.6. The molecule has 3 rings (SSSR count). The van der Waals surface area contributed by atoms with Crippen LogP contribution >= 0.6 is 22.9 Å². The standard InChI is InChI=1S/C20H23ClFN3O2S/c21-14-5-3-6-15(22)19(14)16(25-10-1-2-11-25)13-24-18(26)8-9-23-20(27)17-7-4-12-28-17/h3-7,12,16H,1-2,8-11,13H2,(H,23,27)(H,24,26)/t16-/m0/s1. The molecule has 28 heavy (non-hydrogen) atoms. The van der Waals surface area contributed by atoms with Crippen molar-refractivity contribution in [2.75, 3.05) is 26.2 Å². The lowest BCUT2D eigenvalue weighted by Crippen LogP contribution is -2.38. The molecule has 0 bridgehead atoms. The van der Waals surface area contributed by atoms with Gasteiger partial charge in [-0.3, -0.25) is 14.5 Å². The second-order valence-corrected chi connectivity index (χ2v) is 8.04. The zero-order chi connectivity index (χ0) is 19.9. The van der Waals surface area contributed by atoms with Crippen LogP contribution in [-0.4, -0.2) is 42.9 Å². The third-order valence-corrected chi connectivity index (χ3v) is 5.99. The topological polar surface area (TPSA) is 61.4 Å². The van der Waals surface area contributed by atoms with E-state index in [4.69, 9.17) is 11.6 Å². The van der Waals surface area contributed by atoms with Gasteiger partial charge in [-0.1, -0.05) is 23.7 Å². The molecule has 2 N–H and O–H groups in total. The molecule has 5 nitrogen and oxygen atoms in total. The molecule has 1 saturated heterocycles. The van der Waals surface area contributed by atoms with Crippen molar-refractivity contribution in [3.63, 3.8) is 0 Å². The lowest BCUT2D eigenvalue weighted by molar-refractivity contribution is -0.121. The zero-order valence-corrected chi connectivity index (χ0v) is 17.0. The molecule has 2 heterocycles. The van der Waals surface area contributed by atoms with Gasteiger partial charge < -0.3 is 10.6 Å². The maximum absolute atomic E-state index is 14.4. The monoisotopic (exact) mass is 423 g/mol. The van der Waals surface area contributed by atoms with Crippen LogP contribution in [0.25, 0.3) is 0 Å². The quantitative estimate of drug-likeness (QED) is 0.681. The second kappa shape index (κ2) is 10.0. The summed E-state index contributed by atoms with van der Waals surface area (Å²) in [5, 5.41) is 7.79. The van der Waals surface area contributed by atoms with E-state index in [1.165, 1.54) is 17.4 Å². The molecular formula is C20H23ClFN3O2S. The van der Waals surface area contributed by atoms with Gasteiger partial charge in [-0.2, -0.15) is 0 Å². The highest BCUT2D eigenvalue weighted by Gasteiger charge is 2.28. The molecule has 1 aromatic carbocycles. The molecule has 0 unspecified atom stereocenters. The van der Waals surface area contributed by atoms with Crippen molar-refractivity contribution in [3.8, 4) is 0 Å². The van der Waals surface area contributed by atoms with E-state index in [0.717, 1.165) is 25.9 Å². The highest BCUT2D eigenvalue weighted by atomic mass is 35.5. The molecule has 1 aliphatic heterocycles. The Labute approximate surface area is 172 Å². The molecule has 150 valence electrons. The Kier molecular flexibility index (Phi) is 7.42. The molecule has 2 amide bonds. The number of carbonyl (C=O) groups is 2. The van der Waals surface area contributed by atoms with Crippen LogP contribution in [0, 0.1) is 5.82 Å². The van der Waals surface area contributed by atoms with E-state index in [-0.39, 0.29) is 43.2 Å². The molecule has 1 aliphatic rings. The number of thiophene rings is 1. The van der Waals surface area contributed by atoms with Crippen molar-refractivity contribution in [3.05, 3.63) is 57.0 Å². The Hall–Kier alpha value is -1.96. The van der Waals surface area contributed by atoms with Crippen LogP contribution in [0.4, 0.5) is 4.39 Å². The van der Waals surface area contributed by atoms with Crippen LogP contribution in [0.5, 0.6) is 0 Å². The summed E-state index contributed by atoms with van der Waals surface area (Å²) in [6.07, 6.45) is 2.26. The van der Waals surface area contributed by atoms with E-state index < -0.39 is 0 Å². The van der Waals surface area contributed by atoms with Gasteiger partial charge in [0.1, 0.15) is 5.82 Å². The van der Waals surface area contributed by atoms with E-state index in [1.54, 1.807) is 24.3 Å². The van der Waals surface area contributed by atoms with Gasteiger partial charge in [-0.25, -0.2) is 4.39 Å². The van der Waals surface area contributed by atoms with E-state index >= 15 is 0 Å². The summed E-state index contributed by atoms with van der Waals surface area (Å²) in [7, 11) is 0. The maximum atomic E-state index is 14.4. The number of halogens is 2. The highest BCUT2D eigenvalue weighted by molar-refractivity contribution is 7.12. The Bertz CT molecular complexity index is 790. The van der Waals surface area contributed by atoms with Crippen molar-refractivity contribution < 1.29 is 14.0 Å². The number of likely N-dealkylation sites (tertiary alicyclic amines) is 1. The molecule has 0 spiro atoms. The summed E-state index contributed by atoms with van der Waals surface area (Å²) >= 11 is 7.61. The number of benzene rings is 1. The summed E-state index contributed by atoms with van der Waals surface area (Å²) in [6.45, 7) is 2.22. The minimum Gasteiger partial charge on any atom is -0.354 e. The fourth-order valence-corrected chi connectivity index (χ4v) is 4.31. The van der Waals surface area contributed by atoms with Gasteiger partial charge in [0.25, 0.3) is 5.91 Å². The molecule has 2 aromatic rings. The van der Waals surface area contributed by atoms with Crippen LogP contribution in [0.15, 0.2) is 35.7 Å². The lowest BCUT2D eigenvalue weighted by atomic mass is 10.0. The van der Waals surface area contributed by atoms with Crippen molar-refractivity contribution in [1.29, 1.82) is 0 Å². The van der Waals surface area contributed by atoms with Crippen LogP contribution in [-0.2, 0) is 4.79 Å². The SMILES string of the molecule is O=C(CCNC(=O)c1cccs1)NC[C@@H](c1c(F)cccc1Cl)N1CCCC1. The summed E-state index contributed by atoms with van der Waals surface area (Å²) in [4.78, 5) is 26.9.